The highest BCUT2D eigenvalue weighted by Gasteiger charge is 2.21. The molecule has 0 N–H and O–H groups in total. The van der Waals surface area contributed by atoms with Gasteiger partial charge >= 0.3 is 0 Å². The number of aromatic nitrogens is 4. The van der Waals surface area contributed by atoms with Crippen LogP contribution in [0.5, 0.6) is 0 Å². The predicted molar refractivity (Wildman–Crippen MR) is 134 cm³/mol. The Morgan fingerprint density at radius 3 is 2.15 bits per heavy atom. The third-order valence-electron chi connectivity index (χ3n) is 5.52. The minimum Gasteiger partial charge on any atom is -0.267 e. The van der Waals surface area contributed by atoms with Gasteiger partial charge in [0.1, 0.15) is 21.6 Å². The van der Waals surface area contributed by atoms with E-state index in [0.717, 1.165) is 27.8 Å². The van der Waals surface area contributed by atoms with Crippen LogP contribution >= 0.6 is 22.9 Å². The van der Waals surface area contributed by atoms with E-state index in [1.807, 2.05) is 60.7 Å². The number of hydrogen-bond acceptors (Lipinski definition) is 5. The molecule has 0 radical (unpaired) electrons. The number of hydrogen-bond donors (Lipinski definition) is 0. The fraction of sp³-hybridized carbons (Fsp3) is 0. The summed E-state index contributed by atoms with van der Waals surface area (Å²) in [6.07, 6.45) is 1.57. The molecule has 3 heterocycles. The minimum atomic E-state index is -0.148. The van der Waals surface area contributed by atoms with Crippen molar-refractivity contribution in [2.24, 2.45) is 0 Å². The first-order chi connectivity index (χ1) is 16.2. The lowest BCUT2D eigenvalue weighted by Gasteiger charge is -2.10. The molecular weight excluding hydrogens is 452 g/mol. The van der Waals surface area contributed by atoms with Crippen molar-refractivity contribution < 1.29 is 0 Å². The molecule has 0 saturated heterocycles. The van der Waals surface area contributed by atoms with E-state index in [1.54, 1.807) is 30.6 Å². The summed E-state index contributed by atoms with van der Waals surface area (Å²) in [5, 5.41) is 10.5. The monoisotopic (exact) mass is 466 g/mol. The summed E-state index contributed by atoms with van der Waals surface area (Å²) in [6.45, 7) is 0. The van der Waals surface area contributed by atoms with Crippen molar-refractivity contribution in [1.82, 2.24) is 19.7 Å². The molecule has 0 unspecified atom stereocenters. The summed E-state index contributed by atoms with van der Waals surface area (Å²) >= 11 is 7.33. The van der Waals surface area contributed by atoms with Gasteiger partial charge in [-0.1, -0.05) is 72.3 Å². The average Bonchev–Trinajstić information content (AvgIpc) is 3.25. The molecule has 0 amide bonds. The van der Waals surface area contributed by atoms with Crippen LogP contribution in [0.2, 0.25) is 5.02 Å². The van der Waals surface area contributed by atoms with Gasteiger partial charge in [0.15, 0.2) is 0 Å². The van der Waals surface area contributed by atoms with Crippen LogP contribution in [-0.4, -0.2) is 19.7 Å². The molecule has 0 saturated carbocycles. The van der Waals surface area contributed by atoms with Gasteiger partial charge in [-0.2, -0.15) is 0 Å². The molecular formula is C26H15ClN4OS. The first kappa shape index (κ1) is 19.8. The van der Waals surface area contributed by atoms with Gasteiger partial charge in [-0.15, -0.1) is 21.5 Å². The molecule has 5 nitrogen and oxygen atoms in total. The summed E-state index contributed by atoms with van der Waals surface area (Å²) in [5.74, 6) is 0. The Morgan fingerprint density at radius 2 is 1.45 bits per heavy atom. The van der Waals surface area contributed by atoms with Crippen molar-refractivity contribution in [3.05, 3.63) is 107 Å². The third-order valence-corrected chi connectivity index (χ3v) is 6.83. The Morgan fingerprint density at radius 1 is 0.788 bits per heavy atom. The number of nitrogens with zero attached hydrogens (tertiary/aromatic N) is 4. The minimum absolute atomic E-state index is 0.148. The molecule has 0 aliphatic rings. The van der Waals surface area contributed by atoms with Crippen molar-refractivity contribution in [3.63, 3.8) is 0 Å². The van der Waals surface area contributed by atoms with Gasteiger partial charge in [-0.3, -0.25) is 9.36 Å². The maximum absolute atomic E-state index is 13.4. The number of benzene rings is 3. The van der Waals surface area contributed by atoms with Crippen molar-refractivity contribution in [3.8, 4) is 28.1 Å². The smallest absolute Gasteiger partial charge is 0.267 e. The number of thiophene rings is 1. The van der Waals surface area contributed by atoms with E-state index in [9.17, 15) is 4.79 Å². The van der Waals surface area contributed by atoms with E-state index in [4.69, 9.17) is 16.6 Å². The molecule has 158 valence electrons. The Balaban J connectivity index is 1.69. The van der Waals surface area contributed by atoms with Crippen LogP contribution in [-0.2, 0) is 0 Å². The van der Waals surface area contributed by atoms with Crippen LogP contribution in [0.4, 0.5) is 0 Å². The van der Waals surface area contributed by atoms with Crippen LogP contribution < -0.4 is 5.56 Å². The van der Waals surface area contributed by atoms with E-state index >= 15 is 0 Å². The van der Waals surface area contributed by atoms with Crippen LogP contribution in [0.1, 0.15) is 0 Å². The quantitative estimate of drug-likeness (QED) is 0.303. The molecule has 0 bridgehead atoms. The average molecular weight is 467 g/mol. The second-order valence-corrected chi connectivity index (χ2v) is 8.95. The van der Waals surface area contributed by atoms with Crippen LogP contribution in [0, 0.1) is 0 Å². The molecule has 3 aromatic heterocycles. The molecule has 0 fully saturated rings. The number of halogens is 1. The molecule has 3 aromatic carbocycles. The summed E-state index contributed by atoms with van der Waals surface area (Å²) in [7, 11) is 0. The Bertz CT molecular complexity index is 1680. The summed E-state index contributed by atoms with van der Waals surface area (Å²) in [4.78, 5) is 18.8. The van der Waals surface area contributed by atoms with Gasteiger partial charge in [0.2, 0.25) is 0 Å². The summed E-state index contributed by atoms with van der Waals surface area (Å²) in [6, 6.07) is 27.1. The van der Waals surface area contributed by atoms with E-state index < -0.39 is 0 Å². The van der Waals surface area contributed by atoms with Gasteiger partial charge < -0.3 is 0 Å². The predicted octanol–water partition coefficient (Wildman–Crippen LogP) is 6.38. The van der Waals surface area contributed by atoms with Gasteiger partial charge in [0.25, 0.3) is 5.56 Å². The van der Waals surface area contributed by atoms with Crippen molar-refractivity contribution in [2.75, 3.05) is 0 Å². The lowest BCUT2D eigenvalue weighted by Crippen LogP contribution is -2.17. The highest BCUT2D eigenvalue weighted by molar-refractivity contribution is 7.25. The Hall–Kier alpha value is -3.87. The fourth-order valence-corrected chi connectivity index (χ4v) is 5.12. The highest BCUT2D eigenvalue weighted by atomic mass is 35.5. The van der Waals surface area contributed by atoms with E-state index in [1.165, 1.54) is 15.9 Å². The van der Waals surface area contributed by atoms with Crippen LogP contribution in [0.3, 0.4) is 0 Å². The van der Waals surface area contributed by atoms with Gasteiger partial charge in [-0.05, 0) is 29.8 Å². The first-order valence-corrected chi connectivity index (χ1v) is 11.5. The maximum Gasteiger partial charge on any atom is 0.275 e. The zero-order valence-corrected chi connectivity index (χ0v) is 18.7. The van der Waals surface area contributed by atoms with Gasteiger partial charge in [0.05, 0.1) is 11.2 Å². The second kappa shape index (κ2) is 7.92. The van der Waals surface area contributed by atoms with Crippen LogP contribution in [0.15, 0.2) is 96.1 Å². The lowest BCUT2D eigenvalue weighted by atomic mass is 9.97. The Kier molecular flexibility index (Phi) is 4.75. The summed E-state index contributed by atoms with van der Waals surface area (Å²) in [5.41, 5.74) is 4.84. The summed E-state index contributed by atoms with van der Waals surface area (Å²) < 4.78 is 2.07. The van der Waals surface area contributed by atoms with Crippen LogP contribution in [0.25, 0.3) is 48.5 Å². The maximum atomic E-state index is 13.4. The molecule has 33 heavy (non-hydrogen) atoms. The molecule has 6 rings (SSSR count). The standard InChI is InChI=1S/C26H15ClN4OS/c27-18-11-13-19(14-12-18)31-15-28-23-21-20(16-7-3-1-4-8-16)22(17-9-5-2-6-10-17)29-30-25(21)33-24(23)26(31)32/h1-15H. The molecule has 0 atom stereocenters. The van der Waals surface area contributed by atoms with Gasteiger partial charge in [0, 0.05) is 21.5 Å². The van der Waals surface area contributed by atoms with Crippen molar-refractivity contribution in [2.45, 2.75) is 0 Å². The van der Waals surface area contributed by atoms with E-state index in [0.29, 0.717) is 25.8 Å². The molecule has 7 heteroatoms. The molecule has 0 spiro atoms. The molecule has 6 aromatic rings. The fourth-order valence-electron chi connectivity index (χ4n) is 3.99. The first-order valence-electron chi connectivity index (χ1n) is 10.3. The molecule has 0 aliphatic heterocycles. The second-order valence-electron chi connectivity index (χ2n) is 7.51. The van der Waals surface area contributed by atoms with E-state index in [2.05, 4.69) is 10.2 Å². The molecule has 0 aliphatic carbocycles. The zero-order valence-electron chi connectivity index (χ0n) is 17.1. The number of rotatable bonds is 3. The SMILES string of the molecule is O=c1c2sc3nnc(-c4ccccc4)c(-c4ccccc4)c3c2ncn1-c1ccc(Cl)cc1. The Labute approximate surface area is 197 Å². The normalized spacial score (nSPS) is 11.3. The highest BCUT2D eigenvalue weighted by Crippen LogP contribution is 2.41. The van der Waals surface area contributed by atoms with Gasteiger partial charge in [-0.25, -0.2) is 4.98 Å². The largest absolute Gasteiger partial charge is 0.275 e. The topological polar surface area (TPSA) is 60.7 Å². The lowest BCUT2D eigenvalue weighted by molar-refractivity contribution is 0.968. The van der Waals surface area contributed by atoms with E-state index in [-0.39, 0.29) is 5.56 Å². The van der Waals surface area contributed by atoms with Crippen molar-refractivity contribution in [1.29, 1.82) is 0 Å². The third kappa shape index (κ3) is 3.31. The number of fused-ring (bicyclic) bond motifs is 3. The van der Waals surface area contributed by atoms with Crippen molar-refractivity contribution >= 4 is 43.4 Å². The zero-order chi connectivity index (χ0) is 22.4.